The zero-order chi connectivity index (χ0) is 24.4. The molecule has 2 aromatic heterocycles. The van der Waals surface area contributed by atoms with Gasteiger partial charge in [-0.1, -0.05) is 29.8 Å². The number of carbonyl (C=O) groups is 1. The summed E-state index contributed by atoms with van der Waals surface area (Å²) >= 11 is 0. The Labute approximate surface area is 189 Å². The molecule has 34 heavy (non-hydrogen) atoms. The molecular formula is C23H16F5N3O3. The topological polar surface area (TPSA) is 69.3 Å². The lowest BCUT2D eigenvalue weighted by atomic mass is 10.1. The Morgan fingerprint density at radius 2 is 1.59 bits per heavy atom. The predicted molar refractivity (Wildman–Crippen MR) is 110 cm³/mol. The van der Waals surface area contributed by atoms with Gasteiger partial charge in [-0.05, 0) is 24.6 Å². The molecule has 0 fully saturated rings. The summed E-state index contributed by atoms with van der Waals surface area (Å²) in [5.74, 6) is -12.9. The van der Waals surface area contributed by atoms with Crippen molar-refractivity contribution in [3.63, 3.8) is 0 Å². The van der Waals surface area contributed by atoms with Crippen LogP contribution in [-0.4, -0.2) is 15.7 Å². The lowest BCUT2D eigenvalue weighted by molar-refractivity contribution is 0.0991. The highest BCUT2D eigenvalue weighted by Crippen LogP contribution is 2.29. The van der Waals surface area contributed by atoms with Crippen LogP contribution in [0.4, 0.5) is 27.8 Å². The predicted octanol–water partition coefficient (Wildman–Crippen LogP) is 5.36. The van der Waals surface area contributed by atoms with Gasteiger partial charge in [0.25, 0.3) is 5.91 Å². The number of hydrogen-bond acceptors (Lipinski definition) is 4. The van der Waals surface area contributed by atoms with Crippen molar-refractivity contribution in [2.24, 2.45) is 0 Å². The van der Waals surface area contributed by atoms with Gasteiger partial charge in [0.2, 0.25) is 29.1 Å². The van der Waals surface area contributed by atoms with Crippen LogP contribution < -0.4 is 10.1 Å². The number of aromatic nitrogens is 2. The second-order valence-corrected chi connectivity index (χ2v) is 7.29. The monoisotopic (exact) mass is 477 g/mol. The molecule has 11 heteroatoms. The number of nitrogens with one attached hydrogen (secondary N) is 1. The molecule has 2 aromatic carbocycles. The van der Waals surface area contributed by atoms with Gasteiger partial charge in [-0.15, -0.1) is 0 Å². The highest BCUT2D eigenvalue weighted by Gasteiger charge is 2.27. The molecule has 0 spiro atoms. The number of carbonyl (C=O) groups excluding carboxylic acids is 1. The Morgan fingerprint density at radius 3 is 2.26 bits per heavy atom. The molecule has 6 nitrogen and oxygen atoms in total. The summed E-state index contributed by atoms with van der Waals surface area (Å²) in [4.78, 5) is 12.4. The van der Waals surface area contributed by atoms with Crippen LogP contribution in [0, 0.1) is 36.0 Å². The van der Waals surface area contributed by atoms with Crippen molar-refractivity contribution in [2.75, 3.05) is 5.32 Å². The summed E-state index contributed by atoms with van der Waals surface area (Å²) in [6, 6.07) is 12.0. The van der Waals surface area contributed by atoms with Crippen LogP contribution in [-0.2, 0) is 13.2 Å². The molecule has 1 N–H and O–H groups in total. The zero-order valence-electron chi connectivity index (χ0n) is 17.5. The fourth-order valence-corrected chi connectivity index (χ4v) is 3.01. The molecule has 4 rings (SSSR count). The summed E-state index contributed by atoms with van der Waals surface area (Å²) in [5.41, 5.74) is 2.16. The van der Waals surface area contributed by atoms with E-state index in [1.165, 1.54) is 12.1 Å². The summed E-state index contributed by atoms with van der Waals surface area (Å²) in [6.07, 6.45) is 1.68. The first-order valence-electron chi connectivity index (χ1n) is 9.86. The van der Waals surface area contributed by atoms with Crippen molar-refractivity contribution >= 4 is 11.7 Å². The Bertz CT molecular complexity index is 1320. The largest absolute Gasteiger partial charge is 0.479 e. The van der Waals surface area contributed by atoms with Crippen LogP contribution in [0.3, 0.4) is 0 Å². The van der Waals surface area contributed by atoms with E-state index in [4.69, 9.17) is 9.15 Å². The van der Waals surface area contributed by atoms with Gasteiger partial charge in [0.15, 0.2) is 17.3 Å². The molecule has 0 saturated carbocycles. The third kappa shape index (κ3) is 4.77. The SMILES string of the molecule is Cc1ccc(Cn2ccc(NC(=O)c3ccc(COc4c(F)c(F)c(F)c(F)c4F)o3)n2)cc1. The minimum Gasteiger partial charge on any atom is -0.479 e. The molecule has 0 bridgehead atoms. The first-order valence-corrected chi connectivity index (χ1v) is 9.86. The molecule has 0 atom stereocenters. The zero-order valence-corrected chi connectivity index (χ0v) is 17.5. The Balaban J connectivity index is 1.38. The molecule has 0 saturated heterocycles. The van der Waals surface area contributed by atoms with Gasteiger partial charge in [-0.2, -0.15) is 13.9 Å². The molecular weight excluding hydrogens is 461 g/mol. The van der Waals surface area contributed by atoms with Crippen molar-refractivity contribution in [1.29, 1.82) is 0 Å². The van der Waals surface area contributed by atoms with Crippen molar-refractivity contribution in [3.05, 3.63) is 100 Å². The van der Waals surface area contributed by atoms with E-state index < -0.39 is 47.3 Å². The lowest BCUT2D eigenvalue weighted by Crippen LogP contribution is -2.12. The maximum absolute atomic E-state index is 13.7. The third-order valence-corrected chi connectivity index (χ3v) is 4.76. The molecule has 4 aromatic rings. The molecule has 0 unspecified atom stereocenters. The number of anilines is 1. The minimum absolute atomic E-state index is 0.0843. The molecule has 0 aliphatic carbocycles. The smallest absolute Gasteiger partial charge is 0.292 e. The van der Waals surface area contributed by atoms with Gasteiger partial charge in [0.1, 0.15) is 12.4 Å². The van der Waals surface area contributed by atoms with Gasteiger partial charge in [0.05, 0.1) is 6.54 Å². The van der Waals surface area contributed by atoms with E-state index in [2.05, 4.69) is 10.4 Å². The number of aryl methyl sites for hydroxylation is 1. The molecule has 0 aliphatic heterocycles. The Kier molecular flexibility index (Phi) is 6.35. The van der Waals surface area contributed by atoms with Crippen molar-refractivity contribution in [1.82, 2.24) is 9.78 Å². The second-order valence-electron chi connectivity index (χ2n) is 7.29. The summed E-state index contributed by atoms with van der Waals surface area (Å²) in [7, 11) is 0. The van der Waals surface area contributed by atoms with E-state index in [9.17, 15) is 26.7 Å². The van der Waals surface area contributed by atoms with Crippen LogP contribution >= 0.6 is 0 Å². The van der Waals surface area contributed by atoms with Crippen LogP contribution in [0.25, 0.3) is 0 Å². The summed E-state index contributed by atoms with van der Waals surface area (Å²) in [6.45, 7) is 1.80. The third-order valence-electron chi connectivity index (χ3n) is 4.76. The van der Waals surface area contributed by atoms with Crippen molar-refractivity contribution in [3.8, 4) is 5.75 Å². The fourth-order valence-electron chi connectivity index (χ4n) is 3.01. The quantitative estimate of drug-likeness (QED) is 0.221. The van der Waals surface area contributed by atoms with E-state index in [0.717, 1.165) is 11.1 Å². The minimum atomic E-state index is -2.29. The number of furan rings is 1. The number of amides is 1. The average Bonchev–Trinajstić information content (AvgIpc) is 3.47. The first kappa shape index (κ1) is 23.0. The van der Waals surface area contributed by atoms with E-state index in [1.807, 2.05) is 31.2 Å². The van der Waals surface area contributed by atoms with Gasteiger partial charge >= 0.3 is 0 Å². The van der Waals surface area contributed by atoms with Crippen LogP contribution in [0.5, 0.6) is 5.75 Å². The number of rotatable bonds is 7. The first-order chi connectivity index (χ1) is 16.2. The summed E-state index contributed by atoms with van der Waals surface area (Å²) < 4.78 is 78.6. The van der Waals surface area contributed by atoms with Crippen LogP contribution in [0.2, 0.25) is 0 Å². The van der Waals surface area contributed by atoms with E-state index >= 15 is 0 Å². The summed E-state index contributed by atoms with van der Waals surface area (Å²) in [5, 5.41) is 6.79. The van der Waals surface area contributed by atoms with Gasteiger partial charge in [-0.25, -0.2) is 13.2 Å². The van der Waals surface area contributed by atoms with Gasteiger partial charge < -0.3 is 14.5 Å². The van der Waals surface area contributed by atoms with Gasteiger partial charge in [0, 0.05) is 12.3 Å². The standard InChI is InChI=1S/C23H16F5N3O3/c1-12-2-4-13(5-3-12)10-31-9-8-16(30-31)29-23(32)15-7-6-14(34-15)11-33-22-20(27)18(25)17(24)19(26)21(22)28/h2-9H,10-11H2,1H3,(H,29,30,32). The molecule has 1 amide bonds. The lowest BCUT2D eigenvalue weighted by Gasteiger charge is -2.09. The number of hydrogen-bond donors (Lipinski definition) is 1. The number of nitrogens with zero attached hydrogens (tertiary/aromatic N) is 2. The van der Waals surface area contributed by atoms with Crippen molar-refractivity contribution < 1.29 is 35.9 Å². The number of halogens is 5. The van der Waals surface area contributed by atoms with Gasteiger partial charge in [-0.3, -0.25) is 9.48 Å². The van der Waals surface area contributed by atoms with Crippen LogP contribution in [0.1, 0.15) is 27.4 Å². The highest BCUT2D eigenvalue weighted by molar-refractivity contribution is 6.01. The van der Waals surface area contributed by atoms with E-state index in [0.29, 0.717) is 6.54 Å². The molecule has 0 radical (unpaired) electrons. The molecule has 2 heterocycles. The normalized spacial score (nSPS) is 11.0. The van der Waals surface area contributed by atoms with E-state index in [-0.39, 0.29) is 17.3 Å². The second kappa shape index (κ2) is 9.38. The van der Waals surface area contributed by atoms with Crippen molar-refractivity contribution in [2.45, 2.75) is 20.1 Å². The molecule has 176 valence electrons. The highest BCUT2D eigenvalue weighted by atomic mass is 19.2. The number of ether oxygens (including phenoxy) is 1. The average molecular weight is 477 g/mol. The number of benzene rings is 2. The maximum atomic E-state index is 13.7. The Hall–Kier alpha value is -4.15. The molecule has 0 aliphatic rings. The van der Waals surface area contributed by atoms with E-state index in [1.54, 1.807) is 16.9 Å². The Morgan fingerprint density at radius 1 is 0.941 bits per heavy atom. The fraction of sp³-hybridized carbons (Fsp3) is 0.130. The van der Waals surface area contributed by atoms with Crippen LogP contribution in [0.15, 0.2) is 53.1 Å². The maximum Gasteiger partial charge on any atom is 0.292 e.